The molecule has 0 aliphatic carbocycles. The second-order valence-corrected chi connectivity index (χ2v) is 10.1. The van der Waals surface area contributed by atoms with E-state index in [0.717, 1.165) is 42.8 Å². The van der Waals surface area contributed by atoms with Crippen LogP contribution in [-0.4, -0.2) is 59.2 Å². The molecular formula is C19H25N5O3S2. The molecule has 8 nitrogen and oxygen atoms in total. The number of benzene rings is 1. The summed E-state index contributed by atoms with van der Waals surface area (Å²) in [5.41, 5.74) is 1.71. The van der Waals surface area contributed by atoms with Crippen molar-refractivity contribution in [3.05, 3.63) is 29.6 Å². The number of sulfonamides is 1. The molecule has 1 aromatic carbocycles. The molecule has 1 N–H and O–H groups in total. The molecule has 2 aromatic rings. The van der Waals surface area contributed by atoms with Crippen molar-refractivity contribution >= 4 is 33.4 Å². The molecule has 0 radical (unpaired) electrons. The van der Waals surface area contributed by atoms with Crippen LogP contribution < -0.4 is 4.90 Å². The summed E-state index contributed by atoms with van der Waals surface area (Å²) in [5.74, 6) is 1.02. The van der Waals surface area contributed by atoms with Crippen molar-refractivity contribution in [2.45, 2.75) is 49.1 Å². The average molecular weight is 436 g/mol. The Bertz CT molecular complexity index is 999. The molecule has 0 bridgehead atoms. The molecule has 2 aliphatic heterocycles. The zero-order valence-corrected chi connectivity index (χ0v) is 18.1. The Balaban J connectivity index is 1.45. The van der Waals surface area contributed by atoms with Crippen molar-refractivity contribution in [2.24, 2.45) is 0 Å². The molecule has 3 heterocycles. The number of anilines is 1. The van der Waals surface area contributed by atoms with Gasteiger partial charge in [-0.05, 0) is 43.0 Å². The van der Waals surface area contributed by atoms with E-state index >= 15 is 0 Å². The van der Waals surface area contributed by atoms with Crippen LogP contribution in [0.25, 0.3) is 0 Å². The number of H-pyrrole nitrogens is 1. The highest BCUT2D eigenvalue weighted by molar-refractivity contribution is 7.99. The molecule has 0 atom stereocenters. The van der Waals surface area contributed by atoms with Gasteiger partial charge in [-0.3, -0.25) is 9.89 Å². The standard InChI is InChI=1S/C19H25N5O3S2/c1-2-17-20-19(22-21-17)28-13-18(25)24-11-8-14-12-15(6-7-16(14)24)29(26,27)23-9-4-3-5-10-23/h6-7,12H,2-5,8-11,13H2,1H3,(H,20,21,22). The number of hydrogen-bond acceptors (Lipinski definition) is 6. The predicted octanol–water partition coefficient (Wildman–Crippen LogP) is 2.22. The molecule has 0 spiro atoms. The Hall–Kier alpha value is -1.91. The van der Waals surface area contributed by atoms with E-state index in [-0.39, 0.29) is 11.7 Å². The van der Waals surface area contributed by atoms with Crippen molar-refractivity contribution in [3.8, 4) is 0 Å². The highest BCUT2D eigenvalue weighted by Crippen LogP contribution is 2.32. The van der Waals surface area contributed by atoms with Gasteiger partial charge in [0.2, 0.25) is 21.1 Å². The molecule has 0 saturated carbocycles. The van der Waals surface area contributed by atoms with Gasteiger partial charge in [-0.15, -0.1) is 5.10 Å². The zero-order chi connectivity index (χ0) is 20.4. The van der Waals surface area contributed by atoms with E-state index in [0.29, 0.717) is 36.1 Å². The van der Waals surface area contributed by atoms with Crippen LogP contribution in [-0.2, 0) is 27.7 Å². The third kappa shape index (κ3) is 4.19. The fraction of sp³-hybridized carbons (Fsp3) is 0.526. The second kappa shape index (κ2) is 8.45. The fourth-order valence-corrected chi connectivity index (χ4v) is 6.02. The molecule has 1 saturated heterocycles. The summed E-state index contributed by atoms with van der Waals surface area (Å²) in [7, 11) is -3.46. The lowest BCUT2D eigenvalue weighted by Gasteiger charge is -2.26. The molecule has 0 unspecified atom stereocenters. The first kappa shape index (κ1) is 20.4. The summed E-state index contributed by atoms with van der Waals surface area (Å²) in [6, 6.07) is 5.14. The summed E-state index contributed by atoms with van der Waals surface area (Å²) in [6.07, 6.45) is 4.34. The smallest absolute Gasteiger partial charge is 0.243 e. The van der Waals surface area contributed by atoms with Crippen LogP contribution in [0.4, 0.5) is 5.69 Å². The van der Waals surface area contributed by atoms with E-state index in [1.165, 1.54) is 11.8 Å². The van der Waals surface area contributed by atoms with E-state index in [9.17, 15) is 13.2 Å². The quantitative estimate of drug-likeness (QED) is 0.699. The highest BCUT2D eigenvalue weighted by atomic mass is 32.2. The number of thioether (sulfide) groups is 1. The summed E-state index contributed by atoms with van der Waals surface area (Å²) < 4.78 is 27.4. The van der Waals surface area contributed by atoms with Gasteiger partial charge >= 0.3 is 0 Å². The number of hydrogen-bond donors (Lipinski definition) is 1. The first-order chi connectivity index (χ1) is 14.0. The minimum Gasteiger partial charge on any atom is -0.311 e. The molecule has 156 valence electrons. The average Bonchev–Trinajstić information content (AvgIpc) is 3.39. The Morgan fingerprint density at radius 2 is 2.00 bits per heavy atom. The van der Waals surface area contributed by atoms with E-state index < -0.39 is 10.0 Å². The summed E-state index contributed by atoms with van der Waals surface area (Å²) in [6.45, 7) is 3.72. The zero-order valence-electron chi connectivity index (χ0n) is 16.4. The van der Waals surface area contributed by atoms with E-state index in [2.05, 4.69) is 15.2 Å². The first-order valence-corrected chi connectivity index (χ1v) is 12.4. The van der Waals surface area contributed by atoms with Crippen molar-refractivity contribution in [3.63, 3.8) is 0 Å². The molecule has 1 aromatic heterocycles. The Kier molecular flexibility index (Phi) is 5.93. The number of carbonyl (C=O) groups excluding carboxylic acids is 1. The monoisotopic (exact) mass is 435 g/mol. The number of aromatic amines is 1. The summed E-state index contributed by atoms with van der Waals surface area (Å²) in [4.78, 5) is 19.1. The Morgan fingerprint density at radius 3 is 2.72 bits per heavy atom. The number of rotatable bonds is 6. The Morgan fingerprint density at radius 1 is 1.21 bits per heavy atom. The largest absolute Gasteiger partial charge is 0.311 e. The fourth-order valence-electron chi connectivity index (χ4n) is 3.76. The predicted molar refractivity (Wildman–Crippen MR) is 112 cm³/mol. The topological polar surface area (TPSA) is 99.3 Å². The van der Waals surface area contributed by atoms with Gasteiger partial charge in [-0.1, -0.05) is 25.1 Å². The molecule has 1 amide bonds. The van der Waals surface area contributed by atoms with Crippen LogP contribution in [0.15, 0.2) is 28.3 Å². The minimum absolute atomic E-state index is 0.0248. The lowest BCUT2D eigenvalue weighted by Crippen LogP contribution is -2.35. The lowest BCUT2D eigenvalue weighted by molar-refractivity contribution is -0.116. The van der Waals surface area contributed by atoms with Crippen molar-refractivity contribution in [1.82, 2.24) is 19.5 Å². The van der Waals surface area contributed by atoms with Gasteiger partial charge in [-0.25, -0.2) is 13.4 Å². The normalized spacial score (nSPS) is 17.5. The van der Waals surface area contributed by atoms with Crippen LogP contribution in [0, 0.1) is 0 Å². The third-order valence-corrected chi connectivity index (χ3v) is 8.10. The summed E-state index contributed by atoms with van der Waals surface area (Å²) in [5, 5.41) is 7.51. The van der Waals surface area contributed by atoms with Crippen molar-refractivity contribution in [2.75, 3.05) is 30.3 Å². The maximum absolute atomic E-state index is 12.9. The first-order valence-electron chi connectivity index (χ1n) is 9.96. The van der Waals surface area contributed by atoms with Gasteiger partial charge < -0.3 is 4.90 Å². The number of carbonyl (C=O) groups is 1. The molecule has 29 heavy (non-hydrogen) atoms. The number of fused-ring (bicyclic) bond motifs is 1. The van der Waals surface area contributed by atoms with Crippen molar-refractivity contribution in [1.29, 1.82) is 0 Å². The molecular weight excluding hydrogens is 410 g/mol. The number of piperidine rings is 1. The Labute approximate surface area is 175 Å². The van der Waals surface area contributed by atoms with Gasteiger partial charge in [0.25, 0.3) is 0 Å². The summed E-state index contributed by atoms with van der Waals surface area (Å²) >= 11 is 1.31. The number of aromatic nitrogens is 3. The molecule has 4 rings (SSSR count). The number of amides is 1. The van der Waals surface area contributed by atoms with E-state index in [1.54, 1.807) is 27.4 Å². The van der Waals surface area contributed by atoms with Gasteiger partial charge in [0.15, 0.2) is 0 Å². The number of aryl methyl sites for hydroxylation is 1. The SMILES string of the molecule is CCc1nc(SCC(=O)N2CCc3cc(S(=O)(=O)N4CCCCC4)ccc32)n[nH]1. The minimum atomic E-state index is -3.46. The van der Waals surface area contributed by atoms with Gasteiger partial charge in [0.05, 0.1) is 10.6 Å². The van der Waals surface area contributed by atoms with Gasteiger partial charge in [0.1, 0.15) is 5.82 Å². The van der Waals surface area contributed by atoms with Gasteiger partial charge in [-0.2, -0.15) is 4.31 Å². The highest BCUT2D eigenvalue weighted by Gasteiger charge is 2.30. The maximum atomic E-state index is 12.9. The lowest BCUT2D eigenvalue weighted by atomic mass is 10.2. The van der Waals surface area contributed by atoms with E-state index in [1.807, 2.05) is 6.92 Å². The number of nitrogens with zero attached hydrogens (tertiary/aromatic N) is 4. The van der Waals surface area contributed by atoms with Crippen LogP contribution in [0.1, 0.15) is 37.6 Å². The van der Waals surface area contributed by atoms with Crippen LogP contribution in [0.3, 0.4) is 0 Å². The van der Waals surface area contributed by atoms with Crippen LogP contribution in [0.5, 0.6) is 0 Å². The third-order valence-electron chi connectivity index (χ3n) is 5.37. The van der Waals surface area contributed by atoms with Gasteiger partial charge in [0, 0.05) is 31.7 Å². The molecule has 10 heteroatoms. The van der Waals surface area contributed by atoms with Crippen LogP contribution in [0.2, 0.25) is 0 Å². The number of nitrogens with one attached hydrogen (secondary N) is 1. The van der Waals surface area contributed by atoms with Crippen molar-refractivity contribution < 1.29 is 13.2 Å². The van der Waals surface area contributed by atoms with Crippen LogP contribution >= 0.6 is 11.8 Å². The second-order valence-electron chi connectivity index (χ2n) is 7.26. The maximum Gasteiger partial charge on any atom is 0.243 e. The molecule has 1 fully saturated rings. The van der Waals surface area contributed by atoms with E-state index in [4.69, 9.17) is 0 Å². The molecule has 2 aliphatic rings.